The van der Waals surface area contributed by atoms with Crippen LogP contribution in [0.1, 0.15) is 73.4 Å². The predicted molar refractivity (Wildman–Crippen MR) is 100.0 cm³/mol. The van der Waals surface area contributed by atoms with E-state index in [4.69, 9.17) is 9.51 Å². The number of hydrogen-bond acceptors (Lipinski definition) is 4. The second kappa shape index (κ2) is 5.95. The van der Waals surface area contributed by atoms with Crippen molar-refractivity contribution in [3.63, 3.8) is 0 Å². The molecule has 5 heteroatoms. The Balaban J connectivity index is 1.69. The van der Waals surface area contributed by atoms with Gasteiger partial charge in [-0.3, -0.25) is 0 Å². The molecule has 5 nitrogen and oxygen atoms in total. The molecule has 2 saturated carbocycles. The van der Waals surface area contributed by atoms with Gasteiger partial charge in [0, 0.05) is 17.0 Å². The van der Waals surface area contributed by atoms with E-state index in [0.717, 1.165) is 57.8 Å². The average molecular weight is 351 g/mol. The summed E-state index contributed by atoms with van der Waals surface area (Å²) < 4.78 is 5.38. The van der Waals surface area contributed by atoms with Crippen LogP contribution in [-0.4, -0.2) is 20.2 Å². The number of aryl methyl sites for hydroxylation is 2. The first-order chi connectivity index (χ1) is 12.6. The van der Waals surface area contributed by atoms with Crippen LogP contribution < -0.4 is 0 Å². The lowest BCUT2D eigenvalue weighted by atomic mass is 9.91. The molecule has 1 atom stereocenters. The minimum Gasteiger partial charge on any atom is -0.388 e. The second-order valence-electron chi connectivity index (χ2n) is 8.05. The summed E-state index contributed by atoms with van der Waals surface area (Å²) in [6.07, 6.45) is 6.56. The number of nitrogens with one attached hydrogen (secondary N) is 1. The Labute approximate surface area is 152 Å². The Kier molecular flexibility index (Phi) is 3.67. The quantitative estimate of drug-likeness (QED) is 0.698. The van der Waals surface area contributed by atoms with Gasteiger partial charge in [0.05, 0.1) is 22.8 Å². The first-order valence-electron chi connectivity index (χ1n) is 9.76. The zero-order chi connectivity index (χ0) is 17.8. The zero-order valence-corrected chi connectivity index (χ0v) is 15.4. The molecule has 2 N–H and O–H groups in total. The molecule has 3 aromatic rings. The molecule has 26 heavy (non-hydrogen) atoms. The summed E-state index contributed by atoms with van der Waals surface area (Å²) in [5.74, 6) is 2.77. The van der Waals surface area contributed by atoms with E-state index in [2.05, 4.69) is 22.3 Å². The summed E-state index contributed by atoms with van der Waals surface area (Å²) in [4.78, 5) is 8.39. The molecule has 2 fully saturated rings. The number of aliphatic hydroxyl groups excluding tert-OH is 1. The standard InChI is InChI=1S/C21H25N3O2/c1-11-18(12(2)26-24-11)15-9-16(20(25)13-5-3-4-6-13)19-17(10-15)22-21(23-19)14-7-8-14/h9-10,13-14,20,25H,3-8H2,1-2H3,(H,22,23). The lowest BCUT2D eigenvalue weighted by Gasteiger charge is -2.19. The van der Waals surface area contributed by atoms with Crippen molar-refractivity contribution in [2.45, 2.75) is 64.4 Å². The van der Waals surface area contributed by atoms with Gasteiger partial charge in [-0.05, 0) is 63.1 Å². The number of benzene rings is 1. The van der Waals surface area contributed by atoms with Crippen LogP contribution in [0.25, 0.3) is 22.2 Å². The fourth-order valence-electron chi connectivity index (χ4n) is 4.51. The monoisotopic (exact) mass is 351 g/mol. The van der Waals surface area contributed by atoms with Gasteiger partial charge in [0.2, 0.25) is 0 Å². The number of H-pyrrole nitrogens is 1. The van der Waals surface area contributed by atoms with Gasteiger partial charge in [-0.25, -0.2) is 4.98 Å². The lowest BCUT2D eigenvalue weighted by Crippen LogP contribution is -2.10. The Morgan fingerprint density at radius 1 is 1.15 bits per heavy atom. The largest absolute Gasteiger partial charge is 0.388 e. The van der Waals surface area contributed by atoms with Gasteiger partial charge in [0.1, 0.15) is 11.6 Å². The Bertz CT molecular complexity index is 942. The van der Waals surface area contributed by atoms with Crippen LogP contribution >= 0.6 is 0 Å². The van der Waals surface area contributed by atoms with Gasteiger partial charge in [0.25, 0.3) is 0 Å². The summed E-state index contributed by atoms with van der Waals surface area (Å²) in [6, 6.07) is 4.24. The SMILES string of the molecule is Cc1noc(C)c1-c1cc(C(O)C2CCCC2)c2nc(C3CC3)[nH]c2c1. The number of aromatic amines is 1. The van der Waals surface area contributed by atoms with E-state index in [9.17, 15) is 5.11 Å². The molecule has 2 aromatic heterocycles. The maximum Gasteiger partial charge on any atom is 0.141 e. The summed E-state index contributed by atoms with van der Waals surface area (Å²) in [7, 11) is 0. The Morgan fingerprint density at radius 3 is 2.58 bits per heavy atom. The average Bonchev–Trinajstić information content (AvgIpc) is 3.04. The number of fused-ring (bicyclic) bond motifs is 1. The van der Waals surface area contributed by atoms with Crippen LogP contribution in [0.3, 0.4) is 0 Å². The molecule has 2 aliphatic carbocycles. The number of hydrogen-bond donors (Lipinski definition) is 2. The molecule has 1 unspecified atom stereocenters. The summed E-state index contributed by atoms with van der Waals surface area (Å²) in [6.45, 7) is 3.90. The lowest BCUT2D eigenvalue weighted by molar-refractivity contribution is 0.113. The van der Waals surface area contributed by atoms with Crippen LogP contribution in [0.4, 0.5) is 0 Å². The molecule has 0 amide bonds. The van der Waals surface area contributed by atoms with E-state index < -0.39 is 6.10 Å². The van der Waals surface area contributed by atoms with Gasteiger partial charge in [0.15, 0.2) is 0 Å². The van der Waals surface area contributed by atoms with Crippen molar-refractivity contribution < 1.29 is 9.63 Å². The van der Waals surface area contributed by atoms with Crippen molar-refractivity contribution >= 4 is 11.0 Å². The highest BCUT2D eigenvalue weighted by molar-refractivity contribution is 5.86. The molecule has 2 aliphatic rings. The minimum atomic E-state index is -0.462. The summed E-state index contributed by atoms with van der Waals surface area (Å²) in [5.41, 5.74) is 5.84. The van der Waals surface area contributed by atoms with Crippen LogP contribution in [0.15, 0.2) is 16.7 Å². The van der Waals surface area contributed by atoms with Gasteiger partial charge < -0.3 is 14.6 Å². The maximum absolute atomic E-state index is 11.1. The number of rotatable bonds is 4. The van der Waals surface area contributed by atoms with Crippen molar-refractivity contribution in [3.05, 3.63) is 35.0 Å². The third kappa shape index (κ3) is 2.57. The van der Waals surface area contributed by atoms with E-state index in [-0.39, 0.29) is 0 Å². The van der Waals surface area contributed by atoms with E-state index in [1.807, 2.05) is 13.8 Å². The highest BCUT2D eigenvalue weighted by atomic mass is 16.5. The molecule has 0 spiro atoms. The molecule has 1 aromatic carbocycles. The van der Waals surface area contributed by atoms with Crippen LogP contribution in [-0.2, 0) is 0 Å². The van der Waals surface area contributed by atoms with Crippen molar-refractivity contribution in [2.75, 3.05) is 0 Å². The minimum absolute atomic E-state index is 0.333. The highest BCUT2D eigenvalue weighted by Gasteiger charge is 2.31. The first kappa shape index (κ1) is 16.1. The third-order valence-corrected chi connectivity index (χ3v) is 6.09. The fourth-order valence-corrected chi connectivity index (χ4v) is 4.51. The number of nitrogens with zero attached hydrogens (tertiary/aromatic N) is 2. The first-order valence-corrected chi connectivity index (χ1v) is 9.76. The molecular weight excluding hydrogens is 326 g/mol. The third-order valence-electron chi connectivity index (χ3n) is 6.09. The van der Waals surface area contributed by atoms with Crippen molar-refractivity contribution in [2.24, 2.45) is 5.92 Å². The van der Waals surface area contributed by atoms with Crippen LogP contribution in [0.5, 0.6) is 0 Å². The maximum atomic E-state index is 11.1. The van der Waals surface area contributed by atoms with Gasteiger partial charge in [-0.2, -0.15) is 0 Å². The second-order valence-corrected chi connectivity index (χ2v) is 8.05. The summed E-state index contributed by atoms with van der Waals surface area (Å²) in [5, 5.41) is 15.3. The fraction of sp³-hybridized carbons (Fsp3) is 0.524. The number of imidazole rings is 1. The molecule has 0 aliphatic heterocycles. The van der Waals surface area contributed by atoms with Gasteiger partial charge in [-0.1, -0.05) is 18.0 Å². The van der Waals surface area contributed by atoms with Crippen molar-refractivity contribution in [1.29, 1.82) is 0 Å². The molecule has 136 valence electrons. The zero-order valence-electron chi connectivity index (χ0n) is 15.4. The van der Waals surface area contributed by atoms with E-state index in [0.29, 0.717) is 11.8 Å². The number of aromatic nitrogens is 3. The summed E-state index contributed by atoms with van der Waals surface area (Å²) >= 11 is 0. The Hall–Kier alpha value is -2.14. The van der Waals surface area contributed by atoms with Gasteiger partial charge >= 0.3 is 0 Å². The normalized spacial score (nSPS) is 19.5. The molecule has 0 bridgehead atoms. The van der Waals surface area contributed by atoms with E-state index >= 15 is 0 Å². The smallest absolute Gasteiger partial charge is 0.141 e. The van der Waals surface area contributed by atoms with Crippen molar-refractivity contribution in [3.8, 4) is 11.1 Å². The predicted octanol–water partition coefficient (Wildman–Crippen LogP) is 4.94. The van der Waals surface area contributed by atoms with Crippen LogP contribution in [0, 0.1) is 19.8 Å². The van der Waals surface area contributed by atoms with Crippen LogP contribution in [0.2, 0.25) is 0 Å². The topological polar surface area (TPSA) is 74.9 Å². The highest BCUT2D eigenvalue weighted by Crippen LogP contribution is 2.43. The van der Waals surface area contributed by atoms with Crippen molar-refractivity contribution in [1.82, 2.24) is 15.1 Å². The van der Waals surface area contributed by atoms with E-state index in [1.165, 1.54) is 25.7 Å². The molecule has 0 saturated heterocycles. The molecule has 5 rings (SSSR count). The molecule has 0 radical (unpaired) electrons. The van der Waals surface area contributed by atoms with E-state index in [1.54, 1.807) is 0 Å². The Morgan fingerprint density at radius 2 is 1.92 bits per heavy atom. The number of aliphatic hydroxyl groups is 1. The molecular formula is C21H25N3O2. The molecule has 2 heterocycles. The van der Waals surface area contributed by atoms with Gasteiger partial charge in [-0.15, -0.1) is 0 Å².